The molecule has 0 atom stereocenters. The summed E-state index contributed by atoms with van der Waals surface area (Å²) >= 11 is 0. The maximum atomic E-state index is 12.6. The summed E-state index contributed by atoms with van der Waals surface area (Å²) in [4.78, 5) is 26.2. The van der Waals surface area contributed by atoms with Gasteiger partial charge in [-0.05, 0) is 31.6 Å². The van der Waals surface area contributed by atoms with Crippen LogP contribution in [0.25, 0.3) is 0 Å². The molecule has 0 N–H and O–H groups in total. The Balaban J connectivity index is 1.96. The van der Waals surface area contributed by atoms with Crippen molar-refractivity contribution in [1.29, 1.82) is 0 Å². The van der Waals surface area contributed by atoms with Gasteiger partial charge in [-0.25, -0.2) is 9.69 Å². The molecule has 2 amide bonds. The minimum atomic E-state index is -0.484. The Kier molecular flexibility index (Phi) is 6.27. The molecule has 0 radical (unpaired) electrons. The molecule has 0 bridgehead atoms. The molecule has 0 aromatic heterocycles. The van der Waals surface area contributed by atoms with Gasteiger partial charge in [-0.1, -0.05) is 44.8 Å². The first kappa shape index (κ1) is 16.1. The predicted molar refractivity (Wildman–Crippen MR) is 81.8 cm³/mol. The van der Waals surface area contributed by atoms with Gasteiger partial charge in [0.1, 0.15) is 6.61 Å². The summed E-state index contributed by atoms with van der Waals surface area (Å²) in [6.07, 6.45) is 11.5. The molecule has 21 heavy (non-hydrogen) atoms. The van der Waals surface area contributed by atoms with Crippen LogP contribution in [-0.4, -0.2) is 29.5 Å². The number of ether oxygens (including phenoxy) is 1. The summed E-state index contributed by atoms with van der Waals surface area (Å²) in [5.41, 5.74) is 0. The largest absolute Gasteiger partial charge is 0.445 e. The molecule has 0 aliphatic heterocycles. The van der Waals surface area contributed by atoms with Gasteiger partial charge in [-0.3, -0.25) is 4.79 Å². The second-order valence-corrected chi connectivity index (χ2v) is 6.28. The van der Waals surface area contributed by atoms with Crippen LogP contribution < -0.4 is 0 Å². The van der Waals surface area contributed by atoms with Crippen LogP contribution >= 0.6 is 0 Å². The zero-order valence-electron chi connectivity index (χ0n) is 12.9. The molecular weight excluding hydrogens is 266 g/mol. The van der Waals surface area contributed by atoms with E-state index in [4.69, 9.17) is 4.74 Å². The van der Waals surface area contributed by atoms with E-state index in [1.165, 1.54) is 30.2 Å². The van der Waals surface area contributed by atoms with Crippen molar-refractivity contribution in [3.8, 4) is 0 Å². The molecule has 0 heterocycles. The molecular formula is C17H27NO3. The fraction of sp³-hybridized carbons (Fsp3) is 0.765. The lowest BCUT2D eigenvalue weighted by Crippen LogP contribution is -2.44. The van der Waals surface area contributed by atoms with Crippen LogP contribution in [0.1, 0.15) is 64.2 Å². The Bertz CT molecular complexity index is 368. The van der Waals surface area contributed by atoms with E-state index >= 15 is 0 Å². The SMILES string of the molecule is C=CCOC(=O)N(C(=O)CC1CCCCC1)C1CCCC1. The standard InChI is InChI=1S/C17H27NO3/c1-2-12-21-17(20)18(15-10-6-7-11-15)16(19)13-14-8-4-3-5-9-14/h2,14-15H,1,3-13H2. The fourth-order valence-corrected chi connectivity index (χ4v) is 3.55. The third-order valence-electron chi connectivity index (χ3n) is 4.67. The monoisotopic (exact) mass is 293 g/mol. The van der Waals surface area contributed by atoms with Gasteiger partial charge in [-0.2, -0.15) is 0 Å². The maximum absolute atomic E-state index is 12.6. The van der Waals surface area contributed by atoms with Gasteiger partial charge in [0.05, 0.1) is 0 Å². The van der Waals surface area contributed by atoms with E-state index in [9.17, 15) is 9.59 Å². The summed E-state index contributed by atoms with van der Waals surface area (Å²) in [6, 6.07) is 0.0402. The fourth-order valence-electron chi connectivity index (χ4n) is 3.55. The second kappa shape index (κ2) is 8.20. The van der Waals surface area contributed by atoms with Crippen molar-refractivity contribution >= 4 is 12.0 Å². The predicted octanol–water partition coefficient (Wildman–Crippen LogP) is 4.05. The average molecular weight is 293 g/mol. The molecule has 2 fully saturated rings. The van der Waals surface area contributed by atoms with Crippen LogP contribution in [0.5, 0.6) is 0 Å². The van der Waals surface area contributed by atoms with Crippen LogP contribution in [0.3, 0.4) is 0 Å². The molecule has 2 aliphatic carbocycles. The van der Waals surface area contributed by atoms with Crippen LogP contribution in [-0.2, 0) is 9.53 Å². The smallest absolute Gasteiger partial charge is 0.417 e. The molecule has 4 heteroatoms. The molecule has 0 aromatic carbocycles. The van der Waals surface area contributed by atoms with Crippen molar-refractivity contribution in [3.05, 3.63) is 12.7 Å². The minimum absolute atomic E-state index is 0.0390. The highest BCUT2D eigenvalue weighted by molar-refractivity contribution is 5.92. The number of amides is 2. The van der Waals surface area contributed by atoms with Gasteiger partial charge in [0, 0.05) is 12.5 Å². The number of nitrogens with zero attached hydrogens (tertiary/aromatic N) is 1. The van der Waals surface area contributed by atoms with Crippen LogP contribution in [0, 0.1) is 5.92 Å². The number of carbonyl (C=O) groups excluding carboxylic acids is 2. The van der Waals surface area contributed by atoms with E-state index in [0.717, 1.165) is 38.5 Å². The molecule has 2 saturated carbocycles. The molecule has 0 saturated heterocycles. The van der Waals surface area contributed by atoms with Crippen molar-refractivity contribution in [1.82, 2.24) is 4.90 Å². The summed E-state index contributed by atoms with van der Waals surface area (Å²) < 4.78 is 5.12. The van der Waals surface area contributed by atoms with E-state index < -0.39 is 6.09 Å². The van der Waals surface area contributed by atoms with Gasteiger partial charge >= 0.3 is 6.09 Å². The van der Waals surface area contributed by atoms with E-state index in [1.54, 1.807) is 0 Å². The lowest BCUT2D eigenvalue weighted by atomic mass is 9.86. The van der Waals surface area contributed by atoms with Gasteiger partial charge in [0.15, 0.2) is 0 Å². The molecule has 0 unspecified atom stereocenters. The third kappa shape index (κ3) is 4.58. The molecule has 0 spiro atoms. The highest BCUT2D eigenvalue weighted by atomic mass is 16.6. The third-order valence-corrected chi connectivity index (χ3v) is 4.67. The van der Waals surface area contributed by atoms with Crippen molar-refractivity contribution in [3.63, 3.8) is 0 Å². The molecule has 2 aliphatic rings. The lowest BCUT2D eigenvalue weighted by Gasteiger charge is -2.29. The zero-order chi connectivity index (χ0) is 15.1. The highest BCUT2D eigenvalue weighted by Gasteiger charge is 2.34. The Hall–Kier alpha value is -1.32. The first-order valence-electron chi connectivity index (χ1n) is 8.32. The summed E-state index contributed by atoms with van der Waals surface area (Å²) in [5.74, 6) is 0.408. The van der Waals surface area contributed by atoms with Crippen LogP contribution in [0.2, 0.25) is 0 Å². The van der Waals surface area contributed by atoms with Crippen molar-refractivity contribution in [2.24, 2.45) is 5.92 Å². The summed E-state index contributed by atoms with van der Waals surface area (Å²) in [5, 5.41) is 0. The quantitative estimate of drug-likeness (QED) is 0.718. The first-order valence-corrected chi connectivity index (χ1v) is 8.32. The second-order valence-electron chi connectivity index (χ2n) is 6.28. The van der Waals surface area contributed by atoms with E-state index in [2.05, 4.69) is 6.58 Å². The molecule has 4 nitrogen and oxygen atoms in total. The Morgan fingerprint density at radius 1 is 1.05 bits per heavy atom. The number of imide groups is 1. The van der Waals surface area contributed by atoms with Crippen LogP contribution in [0.4, 0.5) is 4.79 Å². The van der Waals surface area contributed by atoms with E-state index in [1.807, 2.05) is 0 Å². The average Bonchev–Trinajstić information content (AvgIpc) is 3.00. The molecule has 118 valence electrons. The number of carbonyl (C=O) groups is 2. The highest BCUT2D eigenvalue weighted by Crippen LogP contribution is 2.29. The van der Waals surface area contributed by atoms with Crippen LogP contribution in [0.15, 0.2) is 12.7 Å². The van der Waals surface area contributed by atoms with Crippen molar-refractivity contribution < 1.29 is 14.3 Å². The normalized spacial score (nSPS) is 20.2. The Morgan fingerprint density at radius 3 is 2.29 bits per heavy atom. The zero-order valence-corrected chi connectivity index (χ0v) is 12.9. The van der Waals surface area contributed by atoms with E-state index in [0.29, 0.717) is 12.3 Å². The van der Waals surface area contributed by atoms with E-state index in [-0.39, 0.29) is 18.6 Å². The topological polar surface area (TPSA) is 46.6 Å². The minimum Gasteiger partial charge on any atom is -0.445 e. The van der Waals surface area contributed by atoms with Gasteiger partial charge in [-0.15, -0.1) is 0 Å². The van der Waals surface area contributed by atoms with Gasteiger partial charge in [0.2, 0.25) is 5.91 Å². The Morgan fingerprint density at radius 2 is 1.67 bits per heavy atom. The van der Waals surface area contributed by atoms with Gasteiger partial charge < -0.3 is 4.74 Å². The van der Waals surface area contributed by atoms with Crippen molar-refractivity contribution in [2.45, 2.75) is 70.3 Å². The number of hydrogen-bond donors (Lipinski definition) is 0. The summed E-state index contributed by atoms with van der Waals surface area (Å²) in [7, 11) is 0. The number of rotatable bonds is 5. The maximum Gasteiger partial charge on any atom is 0.417 e. The van der Waals surface area contributed by atoms with Crippen molar-refractivity contribution in [2.75, 3.05) is 6.61 Å². The Labute approximate surface area is 127 Å². The molecule has 2 rings (SSSR count). The number of hydrogen-bond acceptors (Lipinski definition) is 3. The van der Waals surface area contributed by atoms with Gasteiger partial charge in [0.25, 0.3) is 0 Å². The first-order chi connectivity index (χ1) is 10.2. The summed E-state index contributed by atoms with van der Waals surface area (Å²) in [6.45, 7) is 3.71. The lowest BCUT2D eigenvalue weighted by molar-refractivity contribution is -0.132. The molecule has 0 aromatic rings.